The lowest BCUT2D eigenvalue weighted by Crippen LogP contribution is -2.49. The van der Waals surface area contributed by atoms with Crippen molar-refractivity contribution in [3.8, 4) is 6.07 Å². The number of aromatic nitrogens is 1. The van der Waals surface area contributed by atoms with Gasteiger partial charge in [-0.25, -0.2) is 5.01 Å². The van der Waals surface area contributed by atoms with E-state index in [2.05, 4.69) is 26.9 Å². The first kappa shape index (κ1) is 15.9. The first-order valence-corrected chi connectivity index (χ1v) is 8.44. The van der Waals surface area contributed by atoms with Gasteiger partial charge in [0.25, 0.3) is 0 Å². The molecule has 0 saturated heterocycles. The van der Waals surface area contributed by atoms with Crippen LogP contribution in [0.2, 0.25) is 0 Å². The normalized spacial score (nSPS) is 16.4. The zero-order valence-corrected chi connectivity index (χ0v) is 14.2. The van der Waals surface area contributed by atoms with E-state index in [0.717, 1.165) is 23.8 Å². The maximum Gasteiger partial charge on any atom is 0.149 e. The van der Waals surface area contributed by atoms with Gasteiger partial charge in [-0.15, -0.1) is 0 Å². The Bertz CT molecular complexity index is 909. The second kappa shape index (κ2) is 7.11. The summed E-state index contributed by atoms with van der Waals surface area (Å²) in [6, 6.07) is 13.8. The van der Waals surface area contributed by atoms with Gasteiger partial charge in [-0.2, -0.15) is 10.4 Å². The van der Waals surface area contributed by atoms with Crippen LogP contribution in [-0.4, -0.2) is 35.5 Å². The van der Waals surface area contributed by atoms with Crippen LogP contribution in [-0.2, 0) is 0 Å². The number of hydrogen-bond donors (Lipinski definition) is 0. The molecule has 0 amide bonds. The summed E-state index contributed by atoms with van der Waals surface area (Å²) < 4.78 is 0. The molecule has 0 unspecified atom stereocenters. The van der Waals surface area contributed by atoms with E-state index in [1.165, 1.54) is 0 Å². The lowest BCUT2D eigenvalue weighted by atomic mass is 10.2. The van der Waals surface area contributed by atoms with Crippen molar-refractivity contribution in [2.24, 2.45) is 5.10 Å². The molecule has 2 aromatic rings. The number of para-hydroxylation sites is 1. The highest BCUT2D eigenvalue weighted by atomic mass is 15.6. The maximum atomic E-state index is 9.47. The van der Waals surface area contributed by atoms with Gasteiger partial charge in [0, 0.05) is 18.9 Å². The summed E-state index contributed by atoms with van der Waals surface area (Å²) in [6.07, 6.45) is 11.8. The largest absolute Gasteiger partial charge is 0.343 e. The molecular formula is C20H18N6. The lowest BCUT2D eigenvalue weighted by molar-refractivity contribution is 0.577. The van der Waals surface area contributed by atoms with Gasteiger partial charge in [-0.05, 0) is 30.3 Å². The maximum absolute atomic E-state index is 9.47. The van der Waals surface area contributed by atoms with Crippen LogP contribution in [0.15, 0.2) is 78.3 Å². The third-order valence-electron chi connectivity index (χ3n) is 4.33. The van der Waals surface area contributed by atoms with E-state index >= 15 is 0 Å². The summed E-state index contributed by atoms with van der Waals surface area (Å²) in [5.41, 5.74) is 2.44. The number of rotatable bonds is 2. The molecule has 6 heteroatoms. The molecule has 6 nitrogen and oxygen atoms in total. The van der Waals surface area contributed by atoms with Crippen molar-refractivity contribution in [2.75, 3.05) is 29.7 Å². The molecule has 0 fully saturated rings. The van der Waals surface area contributed by atoms with Crippen molar-refractivity contribution < 1.29 is 0 Å². The molecule has 0 saturated carbocycles. The average Bonchev–Trinajstić information content (AvgIpc) is 2.74. The smallest absolute Gasteiger partial charge is 0.149 e. The topological polar surface area (TPSA) is 58.8 Å². The predicted molar refractivity (Wildman–Crippen MR) is 103 cm³/mol. The molecule has 1 aromatic carbocycles. The van der Waals surface area contributed by atoms with Crippen molar-refractivity contribution >= 4 is 17.2 Å². The van der Waals surface area contributed by atoms with Gasteiger partial charge < -0.3 is 9.80 Å². The molecule has 0 N–H and O–H groups in total. The highest BCUT2D eigenvalue weighted by Gasteiger charge is 2.25. The van der Waals surface area contributed by atoms with Crippen molar-refractivity contribution in [2.45, 2.75) is 0 Å². The van der Waals surface area contributed by atoms with Crippen LogP contribution in [0, 0.1) is 11.3 Å². The molecule has 0 aliphatic carbocycles. The van der Waals surface area contributed by atoms with Crippen LogP contribution >= 0.6 is 0 Å². The fraction of sp³-hybridized carbons (Fsp3) is 0.150. The monoisotopic (exact) mass is 342 g/mol. The van der Waals surface area contributed by atoms with Gasteiger partial charge in [-0.3, -0.25) is 4.98 Å². The van der Waals surface area contributed by atoms with Crippen LogP contribution in [0.4, 0.5) is 11.4 Å². The number of pyridine rings is 1. The molecule has 2 aliphatic heterocycles. The number of benzene rings is 1. The van der Waals surface area contributed by atoms with Gasteiger partial charge >= 0.3 is 0 Å². The van der Waals surface area contributed by atoms with E-state index < -0.39 is 0 Å². The fourth-order valence-corrected chi connectivity index (χ4v) is 3.03. The van der Waals surface area contributed by atoms with Gasteiger partial charge in [0.2, 0.25) is 0 Å². The summed E-state index contributed by atoms with van der Waals surface area (Å²) in [4.78, 5) is 8.56. The Labute approximate surface area is 152 Å². The molecule has 3 heterocycles. The molecule has 128 valence electrons. The molecule has 2 aliphatic rings. The zero-order valence-electron chi connectivity index (χ0n) is 14.2. The average molecular weight is 342 g/mol. The minimum absolute atomic E-state index is 0.557. The summed E-state index contributed by atoms with van der Waals surface area (Å²) in [7, 11) is 0. The first-order valence-electron chi connectivity index (χ1n) is 8.44. The number of hydrazone groups is 1. The molecule has 4 rings (SSSR count). The second-order valence-electron chi connectivity index (χ2n) is 6.02. The Morgan fingerprint density at radius 2 is 2.00 bits per heavy atom. The summed E-state index contributed by atoms with van der Waals surface area (Å²) in [5.74, 6) is 0.924. The molecule has 26 heavy (non-hydrogen) atoms. The molecule has 0 atom stereocenters. The van der Waals surface area contributed by atoms with Crippen LogP contribution in [0.3, 0.4) is 0 Å². The van der Waals surface area contributed by atoms with Crippen molar-refractivity contribution in [3.63, 3.8) is 0 Å². The van der Waals surface area contributed by atoms with Crippen molar-refractivity contribution in [1.29, 1.82) is 5.26 Å². The standard InChI is InChI=1S/C20H18N6/c21-13-17-7-2-3-9-19(17)26-16-25(18-8-6-10-22-14-18)15-20(23-26)24-11-4-1-5-12-24/h1-11,14H,12,15-16H2. The molecule has 1 aromatic heterocycles. The molecule has 0 spiro atoms. The second-order valence-corrected chi connectivity index (χ2v) is 6.02. The minimum atomic E-state index is 0.557. The first-order chi connectivity index (χ1) is 12.8. The van der Waals surface area contributed by atoms with E-state index in [0.29, 0.717) is 18.8 Å². The van der Waals surface area contributed by atoms with Crippen LogP contribution in [0.25, 0.3) is 0 Å². The van der Waals surface area contributed by atoms with Gasteiger partial charge in [0.05, 0.1) is 29.7 Å². The Hall–Kier alpha value is -3.59. The van der Waals surface area contributed by atoms with Gasteiger partial charge in [0.15, 0.2) is 0 Å². The van der Waals surface area contributed by atoms with Crippen LogP contribution in [0.1, 0.15) is 5.56 Å². The van der Waals surface area contributed by atoms with E-state index in [9.17, 15) is 5.26 Å². The van der Waals surface area contributed by atoms with Gasteiger partial charge in [0.1, 0.15) is 18.6 Å². The number of hydrogen-bond acceptors (Lipinski definition) is 6. The van der Waals surface area contributed by atoms with E-state index in [-0.39, 0.29) is 0 Å². The highest BCUT2D eigenvalue weighted by molar-refractivity contribution is 5.90. The minimum Gasteiger partial charge on any atom is -0.343 e. The van der Waals surface area contributed by atoms with E-state index in [1.54, 1.807) is 6.20 Å². The SMILES string of the molecule is N#Cc1ccccc1N1CN(c2cccnc2)CC(N2C=CC=CC2)=N1. The van der Waals surface area contributed by atoms with Crippen LogP contribution in [0.5, 0.6) is 0 Å². The van der Waals surface area contributed by atoms with Gasteiger partial charge in [-0.1, -0.05) is 24.3 Å². The Morgan fingerprint density at radius 3 is 2.77 bits per heavy atom. The van der Waals surface area contributed by atoms with E-state index in [1.807, 2.05) is 66.0 Å². The number of allylic oxidation sites excluding steroid dienone is 2. The summed E-state index contributed by atoms with van der Waals surface area (Å²) >= 11 is 0. The number of anilines is 2. The molecule has 0 radical (unpaired) electrons. The lowest BCUT2D eigenvalue weighted by Gasteiger charge is -2.38. The Morgan fingerprint density at radius 1 is 1.08 bits per heavy atom. The zero-order chi connectivity index (χ0) is 17.8. The number of nitriles is 1. The number of nitrogens with zero attached hydrogens (tertiary/aromatic N) is 6. The third-order valence-corrected chi connectivity index (χ3v) is 4.33. The number of amidine groups is 1. The van der Waals surface area contributed by atoms with Crippen molar-refractivity contribution in [3.05, 3.63) is 78.8 Å². The van der Waals surface area contributed by atoms with Crippen molar-refractivity contribution in [1.82, 2.24) is 9.88 Å². The Balaban J connectivity index is 1.73. The third kappa shape index (κ3) is 3.15. The fourth-order valence-electron chi connectivity index (χ4n) is 3.03. The molecular weight excluding hydrogens is 324 g/mol. The summed E-state index contributed by atoms with van der Waals surface area (Å²) in [5, 5.41) is 16.2. The Kier molecular flexibility index (Phi) is 4.35. The quantitative estimate of drug-likeness (QED) is 0.840. The predicted octanol–water partition coefficient (Wildman–Crippen LogP) is 2.94. The van der Waals surface area contributed by atoms with E-state index in [4.69, 9.17) is 5.10 Å². The molecule has 0 bridgehead atoms. The highest BCUT2D eigenvalue weighted by Crippen LogP contribution is 2.25. The van der Waals surface area contributed by atoms with Crippen LogP contribution < -0.4 is 9.91 Å². The summed E-state index contributed by atoms with van der Waals surface area (Å²) in [6.45, 7) is 2.01.